The molecule has 0 spiro atoms. The number of carbonyl (C=O) groups is 1. The zero-order valence-corrected chi connectivity index (χ0v) is 17.6. The standard InChI is InChI=1S/C22H31N5O3/c1-17-4-9-27(14-18-3-2-7-23-13-18)21(29)19(17)20(28)26-10-5-22(30,6-11-26)15-25-12-8-24-16-25/h4,8-9,12,16,18,23,30H,2-3,5-7,10-11,13-15H2,1H3. The number of hydrogen-bond acceptors (Lipinski definition) is 5. The van der Waals surface area contributed by atoms with Crippen LogP contribution >= 0.6 is 0 Å². The van der Waals surface area contributed by atoms with Gasteiger partial charge in [0.2, 0.25) is 0 Å². The number of piperidine rings is 2. The second-order valence-electron chi connectivity index (χ2n) is 8.80. The van der Waals surface area contributed by atoms with Crippen molar-refractivity contribution in [1.29, 1.82) is 0 Å². The summed E-state index contributed by atoms with van der Waals surface area (Å²) in [5, 5.41) is 14.3. The molecule has 2 saturated heterocycles. The Morgan fingerprint density at radius 2 is 2.13 bits per heavy atom. The molecule has 2 N–H and O–H groups in total. The minimum absolute atomic E-state index is 0.204. The van der Waals surface area contributed by atoms with E-state index in [1.54, 1.807) is 22.0 Å². The van der Waals surface area contributed by atoms with E-state index in [2.05, 4.69) is 10.3 Å². The van der Waals surface area contributed by atoms with E-state index in [9.17, 15) is 14.7 Å². The van der Waals surface area contributed by atoms with Crippen LogP contribution in [0.4, 0.5) is 0 Å². The molecule has 1 atom stereocenters. The van der Waals surface area contributed by atoms with Gasteiger partial charge in [-0.15, -0.1) is 0 Å². The number of nitrogens with one attached hydrogen (secondary N) is 1. The lowest BCUT2D eigenvalue weighted by atomic mass is 9.90. The van der Waals surface area contributed by atoms with Crippen molar-refractivity contribution in [3.63, 3.8) is 0 Å². The van der Waals surface area contributed by atoms with E-state index in [0.717, 1.165) is 25.9 Å². The number of amides is 1. The van der Waals surface area contributed by atoms with Crippen LogP contribution in [0.5, 0.6) is 0 Å². The summed E-state index contributed by atoms with van der Waals surface area (Å²) in [4.78, 5) is 32.1. The average molecular weight is 414 g/mol. The summed E-state index contributed by atoms with van der Waals surface area (Å²) in [5.74, 6) is 0.188. The Hall–Kier alpha value is -2.45. The minimum Gasteiger partial charge on any atom is -0.388 e. The SMILES string of the molecule is Cc1ccn(CC2CCCNC2)c(=O)c1C(=O)N1CCC(O)(Cn2ccnc2)CC1. The van der Waals surface area contributed by atoms with Crippen molar-refractivity contribution in [2.75, 3.05) is 26.2 Å². The Balaban J connectivity index is 1.45. The van der Waals surface area contributed by atoms with Crippen molar-refractivity contribution in [1.82, 2.24) is 24.3 Å². The van der Waals surface area contributed by atoms with Gasteiger partial charge in [0.25, 0.3) is 11.5 Å². The summed E-state index contributed by atoms with van der Waals surface area (Å²) in [5.41, 5.74) is -0.0920. The Labute approximate surface area is 176 Å². The maximum absolute atomic E-state index is 13.2. The third-order valence-electron chi connectivity index (χ3n) is 6.46. The maximum Gasteiger partial charge on any atom is 0.263 e. The molecule has 2 aliphatic rings. The maximum atomic E-state index is 13.2. The highest BCUT2D eigenvalue weighted by molar-refractivity contribution is 5.95. The van der Waals surface area contributed by atoms with Crippen molar-refractivity contribution in [3.8, 4) is 0 Å². The van der Waals surface area contributed by atoms with Crippen LogP contribution in [0.2, 0.25) is 0 Å². The van der Waals surface area contributed by atoms with Crippen molar-refractivity contribution in [2.45, 2.75) is 51.3 Å². The zero-order valence-electron chi connectivity index (χ0n) is 17.6. The number of aromatic nitrogens is 3. The molecule has 1 unspecified atom stereocenters. The summed E-state index contributed by atoms with van der Waals surface area (Å²) in [7, 11) is 0. The molecule has 1 amide bonds. The van der Waals surface area contributed by atoms with Gasteiger partial charge in [-0.1, -0.05) is 0 Å². The molecule has 2 aromatic heterocycles. The normalized spacial score (nSPS) is 21.5. The van der Waals surface area contributed by atoms with E-state index in [1.165, 1.54) is 0 Å². The predicted molar refractivity (Wildman–Crippen MR) is 113 cm³/mol. The molecular formula is C22H31N5O3. The van der Waals surface area contributed by atoms with E-state index in [1.807, 2.05) is 30.0 Å². The number of aliphatic hydroxyl groups is 1. The van der Waals surface area contributed by atoms with Crippen molar-refractivity contribution >= 4 is 5.91 Å². The van der Waals surface area contributed by atoms with Crippen molar-refractivity contribution < 1.29 is 9.90 Å². The van der Waals surface area contributed by atoms with Crippen LogP contribution in [-0.4, -0.2) is 61.8 Å². The molecule has 0 bridgehead atoms. The number of hydrogen-bond donors (Lipinski definition) is 2. The second kappa shape index (κ2) is 8.73. The fourth-order valence-electron chi connectivity index (χ4n) is 4.59. The molecule has 0 aromatic carbocycles. The van der Waals surface area contributed by atoms with Crippen LogP contribution in [0, 0.1) is 12.8 Å². The van der Waals surface area contributed by atoms with Gasteiger partial charge in [0.15, 0.2) is 0 Å². The van der Waals surface area contributed by atoms with Gasteiger partial charge >= 0.3 is 0 Å². The number of pyridine rings is 1. The lowest BCUT2D eigenvalue weighted by molar-refractivity contribution is -0.0292. The molecule has 4 heterocycles. The molecule has 2 aliphatic heterocycles. The molecule has 8 nitrogen and oxygen atoms in total. The van der Waals surface area contributed by atoms with Crippen LogP contribution in [0.15, 0.2) is 35.8 Å². The summed E-state index contributed by atoms with van der Waals surface area (Å²) < 4.78 is 3.55. The number of rotatable bonds is 5. The fraction of sp³-hybridized carbons (Fsp3) is 0.591. The van der Waals surface area contributed by atoms with Crippen molar-refractivity contribution in [3.05, 3.63) is 52.5 Å². The Morgan fingerprint density at radius 3 is 2.80 bits per heavy atom. The number of likely N-dealkylation sites (tertiary alicyclic amines) is 1. The number of carbonyl (C=O) groups excluding carboxylic acids is 1. The molecule has 0 aliphatic carbocycles. The second-order valence-corrected chi connectivity index (χ2v) is 8.80. The van der Waals surface area contributed by atoms with Crippen LogP contribution in [-0.2, 0) is 13.1 Å². The molecule has 2 aromatic rings. The van der Waals surface area contributed by atoms with Crippen LogP contribution in [0.1, 0.15) is 41.6 Å². The molecular weight excluding hydrogens is 382 g/mol. The first kappa shape index (κ1) is 20.8. The molecule has 0 radical (unpaired) electrons. The smallest absolute Gasteiger partial charge is 0.263 e. The highest BCUT2D eigenvalue weighted by atomic mass is 16.3. The third kappa shape index (κ3) is 4.49. The van der Waals surface area contributed by atoms with Gasteiger partial charge < -0.3 is 24.5 Å². The third-order valence-corrected chi connectivity index (χ3v) is 6.46. The molecule has 30 heavy (non-hydrogen) atoms. The lowest BCUT2D eigenvalue weighted by Crippen LogP contribution is -2.49. The number of aryl methyl sites for hydroxylation is 1. The van der Waals surface area contributed by atoms with E-state index in [4.69, 9.17) is 0 Å². The molecule has 162 valence electrons. The highest BCUT2D eigenvalue weighted by Crippen LogP contribution is 2.25. The first-order valence-corrected chi connectivity index (χ1v) is 10.8. The van der Waals surface area contributed by atoms with Gasteiger partial charge in [-0.05, 0) is 63.2 Å². The van der Waals surface area contributed by atoms with Crippen LogP contribution < -0.4 is 10.9 Å². The average Bonchev–Trinajstić information content (AvgIpc) is 3.24. The Morgan fingerprint density at radius 1 is 1.33 bits per heavy atom. The first-order valence-electron chi connectivity index (χ1n) is 10.8. The largest absolute Gasteiger partial charge is 0.388 e. The van der Waals surface area contributed by atoms with Gasteiger partial charge in [0.1, 0.15) is 5.56 Å². The van der Waals surface area contributed by atoms with Crippen LogP contribution in [0.25, 0.3) is 0 Å². The van der Waals surface area contributed by atoms with Gasteiger partial charge in [-0.25, -0.2) is 4.98 Å². The van der Waals surface area contributed by atoms with E-state index in [-0.39, 0.29) is 17.0 Å². The highest BCUT2D eigenvalue weighted by Gasteiger charge is 2.35. The molecule has 8 heteroatoms. The quantitative estimate of drug-likeness (QED) is 0.764. The number of imidazole rings is 1. The van der Waals surface area contributed by atoms with E-state index >= 15 is 0 Å². The van der Waals surface area contributed by atoms with Gasteiger partial charge in [-0.2, -0.15) is 0 Å². The lowest BCUT2D eigenvalue weighted by Gasteiger charge is -2.38. The molecule has 2 fully saturated rings. The first-order chi connectivity index (χ1) is 14.5. The van der Waals surface area contributed by atoms with E-state index in [0.29, 0.717) is 50.5 Å². The summed E-state index contributed by atoms with van der Waals surface area (Å²) in [6.45, 7) is 5.73. The van der Waals surface area contributed by atoms with Gasteiger partial charge in [0, 0.05) is 38.2 Å². The molecule has 4 rings (SSSR count). The minimum atomic E-state index is -0.864. The van der Waals surface area contributed by atoms with E-state index < -0.39 is 5.60 Å². The topological polar surface area (TPSA) is 92.4 Å². The summed E-state index contributed by atoms with van der Waals surface area (Å²) in [6.07, 6.45) is 10.2. The zero-order chi connectivity index (χ0) is 21.1. The molecule has 0 saturated carbocycles. The predicted octanol–water partition coefficient (Wildman–Crippen LogP) is 1.02. The Kier molecular flexibility index (Phi) is 6.06. The van der Waals surface area contributed by atoms with Crippen LogP contribution in [0.3, 0.4) is 0 Å². The summed E-state index contributed by atoms with van der Waals surface area (Å²) in [6, 6.07) is 1.87. The van der Waals surface area contributed by atoms with Gasteiger partial charge in [0.05, 0.1) is 18.5 Å². The number of nitrogens with zero attached hydrogens (tertiary/aromatic N) is 4. The van der Waals surface area contributed by atoms with Crippen molar-refractivity contribution in [2.24, 2.45) is 5.92 Å². The monoisotopic (exact) mass is 413 g/mol. The Bertz CT molecular complexity index is 923. The van der Waals surface area contributed by atoms with Gasteiger partial charge in [-0.3, -0.25) is 9.59 Å². The summed E-state index contributed by atoms with van der Waals surface area (Å²) >= 11 is 0. The fourth-order valence-corrected chi connectivity index (χ4v) is 4.59.